The lowest BCUT2D eigenvalue weighted by molar-refractivity contribution is -0.128. The van der Waals surface area contributed by atoms with E-state index in [4.69, 9.17) is 0 Å². The number of rotatable bonds is 4. The number of amides is 1. The van der Waals surface area contributed by atoms with Crippen LogP contribution in [0, 0.1) is 5.41 Å². The molecule has 0 saturated heterocycles. The largest absolute Gasteiger partial charge is 0.364 e. The van der Waals surface area contributed by atoms with E-state index in [9.17, 15) is 4.79 Å². The number of nitrogens with one attached hydrogen (secondary N) is 2. The first-order chi connectivity index (χ1) is 9.53. The van der Waals surface area contributed by atoms with Gasteiger partial charge in [0, 0.05) is 13.6 Å². The Balaban J connectivity index is 1.86. The molecule has 0 radical (unpaired) electrons. The molecule has 1 unspecified atom stereocenters. The van der Waals surface area contributed by atoms with Crippen LogP contribution in [0.3, 0.4) is 0 Å². The molecule has 1 heterocycles. The first kappa shape index (κ1) is 14.9. The van der Waals surface area contributed by atoms with Crippen LogP contribution in [-0.2, 0) is 4.79 Å². The van der Waals surface area contributed by atoms with Crippen LogP contribution in [0.1, 0.15) is 24.7 Å². The SMILES string of the molecule is CNC(=O)C(C)(C)CNC1=NCC(c2ccccc2)S1. The lowest BCUT2D eigenvalue weighted by Gasteiger charge is -2.23. The molecule has 0 saturated carbocycles. The molecule has 0 fully saturated rings. The first-order valence-corrected chi connectivity index (χ1v) is 7.63. The Morgan fingerprint density at radius 2 is 2.10 bits per heavy atom. The van der Waals surface area contributed by atoms with E-state index in [0.717, 1.165) is 11.7 Å². The monoisotopic (exact) mass is 291 g/mol. The molecule has 1 atom stereocenters. The van der Waals surface area contributed by atoms with Crippen molar-refractivity contribution in [1.82, 2.24) is 10.6 Å². The van der Waals surface area contributed by atoms with Gasteiger partial charge in [-0.05, 0) is 19.4 Å². The van der Waals surface area contributed by atoms with Crippen molar-refractivity contribution in [2.75, 3.05) is 20.1 Å². The number of hydrogen-bond donors (Lipinski definition) is 2. The Morgan fingerprint density at radius 3 is 2.75 bits per heavy atom. The lowest BCUT2D eigenvalue weighted by Crippen LogP contribution is -2.43. The van der Waals surface area contributed by atoms with E-state index in [1.54, 1.807) is 18.8 Å². The fourth-order valence-corrected chi connectivity index (χ4v) is 3.05. The molecule has 2 rings (SSSR count). The molecule has 108 valence electrons. The second-order valence-electron chi connectivity index (χ2n) is 5.48. The molecule has 20 heavy (non-hydrogen) atoms. The van der Waals surface area contributed by atoms with E-state index in [2.05, 4.69) is 39.9 Å². The highest BCUT2D eigenvalue weighted by molar-refractivity contribution is 8.14. The normalized spacial score (nSPS) is 18.6. The molecule has 0 aromatic heterocycles. The molecule has 2 N–H and O–H groups in total. The Bertz CT molecular complexity index is 499. The van der Waals surface area contributed by atoms with Crippen molar-refractivity contribution in [2.24, 2.45) is 10.4 Å². The number of carbonyl (C=O) groups excluding carboxylic acids is 1. The van der Waals surface area contributed by atoms with Crippen molar-refractivity contribution in [1.29, 1.82) is 0 Å². The fourth-order valence-electron chi connectivity index (χ4n) is 2.03. The smallest absolute Gasteiger partial charge is 0.227 e. The minimum Gasteiger partial charge on any atom is -0.364 e. The number of carbonyl (C=O) groups is 1. The molecule has 4 nitrogen and oxygen atoms in total. The second kappa shape index (κ2) is 6.31. The molecule has 1 aromatic rings. The number of aliphatic imine (C=N–C) groups is 1. The van der Waals surface area contributed by atoms with Gasteiger partial charge in [-0.3, -0.25) is 9.79 Å². The topological polar surface area (TPSA) is 53.5 Å². The lowest BCUT2D eigenvalue weighted by atomic mass is 9.92. The summed E-state index contributed by atoms with van der Waals surface area (Å²) in [5.41, 5.74) is 0.853. The summed E-state index contributed by atoms with van der Waals surface area (Å²) in [7, 11) is 1.66. The molecule has 1 aliphatic rings. The average Bonchev–Trinajstić information content (AvgIpc) is 2.94. The zero-order valence-electron chi connectivity index (χ0n) is 12.1. The van der Waals surface area contributed by atoms with Crippen molar-refractivity contribution in [3.63, 3.8) is 0 Å². The van der Waals surface area contributed by atoms with Crippen LogP contribution in [0.4, 0.5) is 0 Å². The van der Waals surface area contributed by atoms with Gasteiger partial charge in [0.2, 0.25) is 5.91 Å². The summed E-state index contributed by atoms with van der Waals surface area (Å²) in [6.07, 6.45) is 0. The third kappa shape index (κ3) is 3.54. The standard InChI is InChI=1S/C15H21N3OS/c1-15(2,13(19)16-3)10-18-14-17-9-12(20-14)11-7-5-4-6-8-11/h4-8,12H,9-10H2,1-3H3,(H,16,19)(H,17,18). The maximum atomic E-state index is 11.7. The minimum atomic E-state index is -0.442. The summed E-state index contributed by atoms with van der Waals surface area (Å²) in [6, 6.07) is 10.4. The van der Waals surface area contributed by atoms with Crippen LogP contribution in [0.25, 0.3) is 0 Å². The van der Waals surface area contributed by atoms with Crippen molar-refractivity contribution < 1.29 is 4.79 Å². The van der Waals surface area contributed by atoms with Crippen LogP contribution in [0.2, 0.25) is 0 Å². The van der Waals surface area contributed by atoms with Gasteiger partial charge in [0.1, 0.15) is 0 Å². The van der Waals surface area contributed by atoms with Gasteiger partial charge < -0.3 is 10.6 Å². The van der Waals surface area contributed by atoms with E-state index < -0.39 is 5.41 Å². The van der Waals surface area contributed by atoms with Gasteiger partial charge in [0.25, 0.3) is 0 Å². The zero-order valence-corrected chi connectivity index (χ0v) is 13.0. The van der Waals surface area contributed by atoms with E-state index >= 15 is 0 Å². The van der Waals surface area contributed by atoms with Crippen LogP contribution in [-0.4, -0.2) is 31.2 Å². The van der Waals surface area contributed by atoms with Gasteiger partial charge in [0.15, 0.2) is 5.17 Å². The maximum Gasteiger partial charge on any atom is 0.227 e. The van der Waals surface area contributed by atoms with Crippen LogP contribution >= 0.6 is 11.8 Å². The number of thioether (sulfide) groups is 1. The van der Waals surface area contributed by atoms with Crippen molar-refractivity contribution in [3.05, 3.63) is 35.9 Å². The molecule has 0 aliphatic carbocycles. The molecular weight excluding hydrogens is 270 g/mol. The number of amidine groups is 1. The van der Waals surface area contributed by atoms with Gasteiger partial charge in [-0.15, -0.1) is 0 Å². The summed E-state index contributed by atoms with van der Waals surface area (Å²) >= 11 is 1.73. The second-order valence-corrected chi connectivity index (χ2v) is 6.67. The van der Waals surface area contributed by atoms with E-state index in [1.807, 2.05) is 19.9 Å². The van der Waals surface area contributed by atoms with Gasteiger partial charge in [-0.25, -0.2) is 0 Å². The highest BCUT2D eigenvalue weighted by atomic mass is 32.2. The van der Waals surface area contributed by atoms with Crippen LogP contribution in [0.15, 0.2) is 35.3 Å². The summed E-state index contributed by atoms with van der Waals surface area (Å²) in [4.78, 5) is 16.2. The number of hydrogen-bond acceptors (Lipinski definition) is 4. The zero-order chi connectivity index (χ0) is 14.6. The quantitative estimate of drug-likeness (QED) is 0.894. The summed E-state index contributed by atoms with van der Waals surface area (Å²) < 4.78 is 0. The number of benzene rings is 1. The minimum absolute atomic E-state index is 0.0354. The molecule has 1 amide bonds. The van der Waals surface area contributed by atoms with Crippen LogP contribution < -0.4 is 10.6 Å². The highest BCUT2D eigenvalue weighted by Crippen LogP contribution is 2.34. The Hall–Kier alpha value is -1.49. The highest BCUT2D eigenvalue weighted by Gasteiger charge is 2.28. The van der Waals surface area contributed by atoms with E-state index in [0.29, 0.717) is 11.8 Å². The van der Waals surface area contributed by atoms with Crippen molar-refractivity contribution >= 4 is 22.8 Å². The molecule has 1 aromatic carbocycles. The van der Waals surface area contributed by atoms with Gasteiger partial charge >= 0.3 is 0 Å². The Kier molecular flexibility index (Phi) is 4.70. The van der Waals surface area contributed by atoms with Crippen molar-refractivity contribution in [2.45, 2.75) is 19.1 Å². The predicted molar refractivity (Wildman–Crippen MR) is 84.9 cm³/mol. The summed E-state index contributed by atoms with van der Waals surface area (Å²) in [5, 5.41) is 7.28. The molecule has 1 aliphatic heterocycles. The van der Waals surface area contributed by atoms with E-state index in [1.165, 1.54) is 5.56 Å². The van der Waals surface area contributed by atoms with Gasteiger partial charge in [-0.2, -0.15) is 0 Å². The molecule has 0 bridgehead atoms. The Morgan fingerprint density at radius 1 is 1.40 bits per heavy atom. The molecule has 0 spiro atoms. The molecular formula is C15H21N3OS. The third-order valence-electron chi connectivity index (χ3n) is 3.35. The summed E-state index contributed by atoms with van der Waals surface area (Å²) in [6.45, 7) is 5.22. The number of nitrogens with zero attached hydrogens (tertiary/aromatic N) is 1. The average molecular weight is 291 g/mol. The van der Waals surface area contributed by atoms with Crippen molar-refractivity contribution in [3.8, 4) is 0 Å². The van der Waals surface area contributed by atoms with Gasteiger partial charge in [-0.1, -0.05) is 42.1 Å². The van der Waals surface area contributed by atoms with Crippen LogP contribution in [0.5, 0.6) is 0 Å². The fraction of sp³-hybridized carbons (Fsp3) is 0.467. The Labute approximate surface area is 124 Å². The van der Waals surface area contributed by atoms with E-state index in [-0.39, 0.29) is 5.91 Å². The van der Waals surface area contributed by atoms with Gasteiger partial charge in [0.05, 0.1) is 17.2 Å². The summed E-state index contributed by atoms with van der Waals surface area (Å²) in [5.74, 6) is 0.0354. The predicted octanol–water partition coefficient (Wildman–Crippen LogP) is 2.19. The first-order valence-electron chi connectivity index (χ1n) is 6.75. The maximum absolute atomic E-state index is 11.7. The third-order valence-corrected chi connectivity index (χ3v) is 4.55. The molecule has 5 heteroatoms.